The topological polar surface area (TPSA) is 68.1 Å². The first kappa shape index (κ1) is 19.5. The molecule has 156 valence electrons. The molecule has 1 amide bonds. The summed E-state index contributed by atoms with van der Waals surface area (Å²) in [7, 11) is 0. The molecule has 1 atom stereocenters. The van der Waals surface area contributed by atoms with Crippen LogP contribution in [-0.2, 0) is 9.59 Å². The number of hydrogen-bond donors (Lipinski definition) is 0. The molecule has 7 heteroatoms. The molecule has 0 bridgehead atoms. The van der Waals surface area contributed by atoms with Gasteiger partial charge in [-0.2, -0.15) is 0 Å². The Morgan fingerprint density at radius 2 is 1.97 bits per heavy atom. The van der Waals surface area contributed by atoms with Crippen molar-refractivity contribution in [1.29, 1.82) is 0 Å². The Balaban J connectivity index is 1.56. The van der Waals surface area contributed by atoms with Crippen LogP contribution >= 0.6 is 11.6 Å². The number of carbonyl (C=O) groups excluding carboxylic acids is 2. The fraction of sp³-hybridized carbons (Fsp3) is 0.478. The van der Waals surface area contributed by atoms with Crippen LogP contribution < -0.4 is 0 Å². The lowest BCUT2D eigenvalue weighted by Gasteiger charge is -2.35. The number of carbonyl (C=O) groups is 2. The van der Waals surface area contributed by atoms with E-state index in [0.717, 1.165) is 34.4 Å². The fourth-order valence-corrected chi connectivity index (χ4v) is 5.21. The van der Waals surface area contributed by atoms with Crippen molar-refractivity contribution < 1.29 is 9.59 Å². The van der Waals surface area contributed by atoms with E-state index in [1.165, 1.54) is 0 Å². The molecule has 0 N–H and O–H groups in total. The average Bonchev–Trinajstić information content (AvgIpc) is 3.18. The van der Waals surface area contributed by atoms with Gasteiger partial charge in [-0.15, -0.1) is 0 Å². The predicted octanol–water partition coefficient (Wildman–Crippen LogP) is 4.55. The number of aromatic nitrogens is 3. The number of hydrogen-bond acceptors (Lipinski definition) is 4. The van der Waals surface area contributed by atoms with Crippen LogP contribution in [-0.4, -0.2) is 37.2 Å². The lowest BCUT2D eigenvalue weighted by atomic mass is 9.76. The summed E-state index contributed by atoms with van der Waals surface area (Å²) < 4.78 is 2.02. The molecule has 5 rings (SSSR count). The van der Waals surface area contributed by atoms with Gasteiger partial charge in [-0.05, 0) is 38.0 Å². The van der Waals surface area contributed by atoms with Crippen molar-refractivity contribution in [2.75, 3.05) is 0 Å². The first-order valence-electron chi connectivity index (χ1n) is 10.5. The van der Waals surface area contributed by atoms with Crippen LogP contribution in [0.2, 0.25) is 5.15 Å². The number of nitrogens with zero attached hydrogens (tertiary/aromatic N) is 4. The molecular weight excluding hydrogens is 400 g/mol. The van der Waals surface area contributed by atoms with Crippen LogP contribution in [0, 0.1) is 11.3 Å². The highest BCUT2D eigenvalue weighted by Gasteiger charge is 2.54. The quantitative estimate of drug-likeness (QED) is 0.677. The Kier molecular flexibility index (Phi) is 4.23. The molecule has 1 aliphatic heterocycles. The van der Waals surface area contributed by atoms with Gasteiger partial charge in [0, 0.05) is 30.5 Å². The van der Waals surface area contributed by atoms with Crippen molar-refractivity contribution in [2.24, 2.45) is 11.3 Å². The molecule has 0 radical (unpaired) electrons. The minimum atomic E-state index is -0.475. The summed E-state index contributed by atoms with van der Waals surface area (Å²) >= 11 is 6.56. The lowest BCUT2D eigenvalue weighted by Crippen LogP contribution is -2.46. The highest BCUT2D eigenvalue weighted by Crippen LogP contribution is 2.51. The Morgan fingerprint density at radius 1 is 1.23 bits per heavy atom. The number of Topliss-reactive ketones (excluding diaryl/α,β-unsaturated/α-hetero) is 1. The Morgan fingerprint density at radius 3 is 2.63 bits per heavy atom. The molecule has 1 unspecified atom stereocenters. The zero-order valence-electron chi connectivity index (χ0n) is 17.6. The summed E-state index contributed by atoms with van der Waals surface area (Å²) in [6.45, 7) is 8.18. The zero-order chi connectivity index (χ0) is 21.4. The number of ketones is 1. The van der Waals surface area contributed by atoms with E-state index >= 15 is 0 Å². The number of allylic oxidation sites excluding steroid dienone is 4. The van der Waals surface area contributed by atoms with E-state index in [2.05, 4.69) is 36.0 Å². The van der Waals surface area contributed by atoms with Gasteiger partial charge in [0.1, 0.15) is 11.3 Å². The van der Waals surface area contributed by atoms with Gasteiger partial charge in [0.25, 0.3) is 0 Å². The fourth-order valence-electron chi connectivity index (χ4n) is 4.92. The molecule has 2 aromatic rings. The zero-order valence-corrected chi connectivity index (χ0v) is 18.4. The monoisotopic (exact) mass is 424 g/mol. The van der Waals surface area contributed by atoms with Gasteiger partial charge < -0.3 is 9.47 Å². The second-order valence-electron chi connectivity index (χ2n) is 9.43. The number of amides is 1. The van der Waals surface area contributed by atoms with Crippen LogP contribution in [0.5, 0.6) is 0 Å². The number of imidazole rings is 1. The molecule has 2 fully saturated rings. The van der Waals surface area contributed by atoms with Crippen molar-refractivity contribution >= 4 is 39.9 Å². The summed E-state index contributed by atoms with van der Waals surface area (Å²) in [6.07, 6.45) is 7.66. The minimum Gasteiger partial charge on any atom is -0.326 e. The van der Waals surface area contributed by atoms with E-state index in [0.29, 0.717) is 18.0 Å². The molecule has 3 aliphatic rings. The van der Waals surface area contributed by atoms with Gasteiger partial charge >= 0.3 is 0 Å². The van der Waals surface area contributed by atoms with E-state index in [4.69, 9.17) is 11.6 Å². The maximum absolute atomic E-state index is 13.2. The molecule has 3 heterocycles. The third-order valence-electron chi connectivity index (χ3n) is 6.81. The molecule has 1 saturated heterocycles. The molecule has 2 aliphatic carbocycles. The number of likely N-dealkylation sites (tertiary alicyclic amines) is 1. The standard InChI is InChI=1S/C23H25ClN4O2/c1-12(2)27-11-25-18-10-17(26-21(24)20(18)27)13-5-6-16-19(7-13)28(14-8-15(29)9-14)22(30)23(16,3)4/h5,7,10-12,14,16H,6,8-9H2,1-4H3. The van der Waals surface area contributed by atoms with Crippen molar-refractivity contribution in [2.45, 2.75) is 59.0 Å². The third-order valence-corrected chi connectivity index (χ3v) is 7.07. The number of pyridine rings is 1. The molecular formula is C23H25ClN4O2. The molecule has 2 aromatic heterocycles. The van der Waals surface area contributed by atoms with Crippen molar-refractivity contribution in [3.8, 4) is 0 Å². The Bertz CT molecular complexity index is 1150. The third kappa shape index (κ3) is 2.69. The number of fused-ring (bicyclic) bond motifs is 2. The first-order chi connectivity index (χ1) is 14.2. The predicted molar refractivity (Wildman–Crippen MR) is 116 cm³/mol. The summed E-state index contributed by atoms with van der Waals surface area (Å²) in [4.78, 5) is 35.8. The van der Waals surface area contributed by atoms with Crippen LogP contribution in [0.1, 0.15) is 58.7 Å². The highest BCUT2D eigenvalue weighted by atomic mass is 35.5. The Hall–Kier alpha value is -2.47. The molecule has 0 spiro atoms. The molecule has 30 heavy (non-hydrogen) atoms. The van der Waals surface area contributed by atoms with Crippen LogP contribution in [0.25, 0.3) is 16.6 Å². The maximum atomic E-state index is 13.2. The second-order valence-corrected chi connectivity index (χ2v) is 9.78. The SMILES string of the molecule is CC(C)n1cnc2cc(C3=CCC4C(=C3)N(C3CC(=O)C3)C(=O)C4(C)C)nc(Cl)c21. The van der Waals surface area contributed by atoms with Gasteiger partial charge in [-0.25, -0.2) is 9.97 Å². The van der Waals surface area contributed by atoms with E-state index in [1.807, 2.05) is 29.4 Å². The minimum absolute atomic E-state index is 0.0133. The number of halogens is 1. The summed E-state index contributed by atoms with van der Waals surface area (Å²) in [5, 5.41) is 0.430. The molecule has 0 aromatic carbocycles. The normalized spacial score (nSPS) is 23.7. The van der Waals surface area contributed by atoms with Crippen LogP contribution in [0.4, 0.5) is 0 Å². The van der Waals surface area contributed by atoms with E-state index < -0.39 is 5.41 Å². The van der Waals surface area contributed by atoms with Gasteiger partial charge in [0.05, 0.1) is 29.0 Å². The van der Waals surface area contributed by atoms with Gasteiger partial charge in [0.15, 0.2) is 5.15 Å². The molecule has 1 saturated carbocycles. The van der Waals surface area contributed by atoms with Crippen molar-refractivity contribution in [1.82, 2.24) is 19.4 Å². The first-order valence-corrected chi connectivity index (χ1v) is 10.9. The summed E-state index contributed by atoms with van der Waals surface area (Å²) in [6, 6.07) is 2.19. The van der Waals surface area contributed by atoms with Crippen molar-refractivity contribution in [3.05, 3.63) is 41.1 Å². The van der Waals surface area contributed by atoms with Crippen LogP contribution in [0.3, 0.4) is 0 Å². The van der Waals surface area contributed by atoms with E-state index in [9.17, 15) is 9.59 Å². The highest BCUT2D eigenvalue weighted by molar-refractivity contribution is 6.33. The number of rotatable bonds is 3. The molecule has 6 nitrogen and oxygen atoms in total. The summed E-state index contributed by atoms with van der Waals surface area (Å²) in [5.74, 6) is 0.452. The maximum Gasteiger partial charge on any atom is 0.233 e. The van der Waals surface area contributed by atoms with Gasteiger partial charge in [-0.1, -0.05) is 31.5 Å². The van der Waals surface area contributed by atoms with Crippen LogP contribution in [0.15, 0.2) is 30.2 Å². The average molecular weight is 425 g/mol. The van der Waals surface area contributed by atoms with Crippen molar-refractivity contribution in [3.63, 3.8) is 0 Å². The lowest BCUT2D eigenvalue weighted by molar-refractivity contribution is -0.140. The van der Waals surface area contributed by atoms with Gasteiger partial charge in [0.2, 0.25) is 5.91 Å². The van der Waals surface area contributed by atoms with E-state index in [1.54, 1.807) is 6.33 Å². The van der Waals surface area contributed by atoms with E-state index in [-0.39, 0.29) is 29.7 Å². The largest absolute Gasteiger partial charge is 0.326 e. The second kappa shape index (κ2) is 6.51. The van der Waals surface area contributed by atoms with Gasteiger partial charge in [-0.3, -0.25) is 9.59 Å². The Labute approximate surface area is 180 Å². The summed E-state index contributed by atoms with van der Waals surface area (Å²) in [5.41, 5.74) is 3.89. The smallest absolute Gasteiger partial charge is 0.233 e.